The summed E-state index contributed by atoms with van der Waals surface area (Å²) in [4.78, 5) is 10.9. The molecule has 1 aromatic carbocycles. The lowest BCUT2D eigenvalue weighted by Crippen LogP contribution is -2.11. The Morgan fingerprint density at radius 1 is 1.29 bits per heavy atom. The molecule has 1 N–H and O–H groups in total. The van der Waals surface area contributed by atoms with Gasteiger partial charge in [0, 0.05) is 12.6 Å². The molecule has 0 aliphatic carbocycles. The molecule has 0 fully saturated rings. The van der Waals surface area contributed by atoms with Crippen LogP contribution in [0.3, 0.4) is 0 Å². The van der Waals surface area contributed by atoms with E-state index in [0.717, 1.165) is 5.56 Å². The third kappa shape index (κ3) is 3.21. The van der Waals surface area contributed by atoms with Gasteiger partial charge in [0.05, 0.1) is 4.92 Å². The zero-order valence-electron chi connectivity index (χ0n) is 12.8. The maximum Gasteiger partial charge on any atom is 0.333 e. The number of aromatic nitrogens is 2. The fraction of sp³-hybridized carbons (Fsp3) is 0.400. The standard InChI is InChI=1S/C15H20N4O2/c1-10(2)18-15(14(19(20)21)12(4)17-18)16-9-13-7-5-11(3)6-8-13/h5-8,10,16H,9H2,1-4H3. The molecule has 6 heteroatoms. The summed E-state index contributed by atoms with van der Waals surface area (Å²) < 4.78 is 1.67. The Bertz CT molecular complexity index is 644. The molecule has 0 saturated carbocycles. The van der Waals surface area contributed by atoms with Crippen molar-refractivity contribution in [3.05, 3.63) is 51.2 Å². The van der Waals surface area contributed by atoms with Gasteiger partial charge in [0.1, 0.15) is 5.69 Å². The normalized spacial score (nSPS) is 10.9. The molecule has 0 aliphatic rings. The van der Waals surface area contributed by atoms with E-state index >= 15 is 0 Å². The number of nitrogens with zero attached hydrogens (tertiary/aromatic N) is 3. The van der Waals surface area contributed by atoms with E-state index in [2.05, 4.69) is 10.4 Å². The lowest BCUT2D eigenvalue weighted by molar-refractivity contribution is -0.384. The first kappa shape index (κ1) is 15.0. The highest BCUT2D eigenvalue weighted by Crippen LogP contribution is 2.30. The van der Waals surface area contributed by atoms with Gasteiger partial charge in [-0.15, -0.1) is 0 Å². The summed E-state index contributed by atoms with van der Waals surface area (Å²) in [6.07, 6.45) is 0. The van der Waals surface area contributed by atoms with Gasteiger partial charge in [0.15, 0.2) is 0 Å². The Hall–Kier alpha value is -2.37. The molecule has 0 saturated heterocycles. The molecule has 21 heavy (non-hydrogen) atoms. The van der Waals surface area contributed by atoms with E-state index in [1.165, 1.54) is 5.56 Å². The Labute approximate surface area is 123 Å². The minimum Gasteiger partial charge on any atom is -0.360 e. The fourth-order valence-electron chi connectivity index (χ4n) is 2.19. The predicted octanol–water partition coefficient (Wildman–Crippen LogP) is 3.60. The molecule has 0 aliphatic heterocycles. The smallest absolute Gasteiger partial charge is 0.333 e. The van der Waals surface area contributed by atoms with Gasteiger partial charge in [-0.1, -0.05) is 29.8 Å². The third-order valence-electron chi connectivity index (χ3n) is 3.31. The first-order chi connectivity index (χ1) is 9.90. The van der Waals surface area contributed by atoms with Gasteiger partial charge in [-0.3, -0.25) is 10.1 Å². The van der Waals surface area contributed by atoms with Gasteiger partial charge in [-0.05, 0) is 33.3 Å². The molecule has 2 rings (SSSR count). The summed E-state index contributed by atoms with van der Waals surface area (Å²) in [7, 11) is 0. The van der Waals surface area contributed by atoms with E-state index in [0.29, 0.717) is 18.1 Å². The third-order valence-corrected chi connectivity index (χ3v) is 3.31. The number of hydrogen-bond acceptors (Lipinski definition) is 4. The van der Waals surface area contributed by atoms with Gasteiger partial charge in [0.2, 0.25) is 5.82 Å². The Morgan fingerprint density at radius 3 is 2.43 bits per heavy atom. The molecule has 112 valence electrons. The second-order valence-corrected chi connectivity index (χ2v) is 5.42. The number of anilines is 1. The van der Waals surface area contributed by atoms with Crippen molar-refractivity contribution in [2.75, 3.05) is 5.32 Å². The number of hydrogen-bond donors (Lipinski definition) is 1. The molecule has 6 nitrogen and oxygen atoms in total. The SMILES string of the molecule is Cc1ccc(CNc2c([N+](=O)[O-])c(C)nn2C(C)C)cc1. The largest absolute Gasteiger partial charge is 0.360 e. The average Bonchev–Trinajstić information content (AvgIpc) is 2.75. The monoisotopic (exact) mass is 288 g/mol. The van der Waals surface area contributed by atoms with Crippen molar-refractivity contribution in [2.24, 2.45) is 0 Å². The molecule has 1 aromatic heterocycles. The van der Waals surface area contributed by atoms with Crippen LogP contribution in [0.2, 0.25) is 0 Å². The lowest BCUT2D eigenvalue weighted by Gasteiger charge is -2.12. The minimum absolute atomic E-state index is 0.0517. The van der Waals surface area contributed by atoms with E-state index < -0.39 is 0 Å². The van der Waals surface area contributed by atoms with Crippen molar-refractivity contribution in [3.8, 4) is 0 Å². The summed E-state index contributed by atoms with van der Waals surface area (Å²) in [5.41, 5.74) is 2.74. The van der Waals surface area contributed by atoms with E-state index in [1.54, 1.807) is 11.6 Å². The Balaban J connectivity index is 2.29. The highest BCUT2D eigenvalue weighted by Gasteiger charge is 2.26. The topological polar surface area (TPSA) is 73.0 Å². The molecule has 0 spiro atoms. The first-order valence-electron chi connectivity index (χ1n) is 6.93. The van der Waals surface area contributed by atoms with Crippen molar-refractivity contribution in [1.29, 1.82) is 0 Å². The van der Waals surface area contributed by atoms with Crippen molar-refractivity contribution in [3.63, 3.8) is 0 Å². The summed E-state index contributed by atoms with van der Waals surface area (Å²) in [5, 5.41) is 18.7. The van der Waals surface area contributed by atoms with E-state index in [-0.39, 0.29) is 16.7 Å². The summed E-state index contributed by atoms with van der Waals surface area (Å²) in [5.74, 6) is 0.466. The van der Waals surface area contributed by atoms with Crippen molar-refractivity contribution in [1.82, 2.24) is 9.78 Å². The summed E-state index contributed by atoms with van der Waals surface area (Å²) in [6, 6.07) is 8.12. The van der Waals surface area contributed by atoms with Crippen LogP contribution in [0.1, 0.15) is 36.7 Å². The molecule has 2 aromatic rings. The lowest BCUT2D eigenvalue weighted by atomic mass is 10.1. The maximum absolute atomic E-state index is 11.2. The molecule has 0 atom stereocenters. The molecule has 0 amide bonds. The van der Waals surface area contributed by atoms with Gasteiger partial charge < -0.3 is 5.32 Å². The van der Waals surface area contributed by atoms with Crippen molar-refractivity contribution >= 4 is 11.5 Å². The number of rotatable bonds is 5. The molecule has 0 unspecified atom stereocenters. The van der Waals surface area contributed by atoms with E-state index in [9.17, 15) is 10.1 Å². The van der Waals surface area contributed by atoms with Gasteiger partial charge in [-0.25, -0.2) is 4.68 Å². The van der Waals surface area contributed by atoms with Crippen LogP contribution in [0.4, 0.5) is 11.5 Å². The molecular weight excluding hydrogens is 268 g/mol. The second kappa shape index (κ2) is 5.95. The fourth-order valence-corrected chi connectivity index (χ4v) is 2.19. The number of nitro groups is 1. The predicted molar refractivity (Wildman–Crippen MR) is 82.5 cm³/mol. The van der Waals surface area contributed by atoms with Crippen LogP contribution in [-0.2, 0) is 6.54 Å². The van der Waals surface area contributed by atoms with Crippen LogP contribution in [0.5, 0.6) is 0 Å². The maximum atomic E-state index is 11.2. The van der Waals surface area contributed by atoms with Crippen molar-refractivity contribution < 1.29 is 4.92 Å². The molecule has 0 radical (unpaired) electrons. The van der Waals surface area contributed by atoms with Crippen LogP contribution in [-0.4, -0.2) is 14.7 Å². The zero-order valence-corrected chi connectivity index (χ0v) is 12.8. The van der Waals surface area contributed by atoms with Gasteiger partial charge >= 0.3 is 5.69 Å². The summed E-state index contributed by atoms with van der Waals surface area (Å²) >= 11 is 0. The molecule has 1 heterocycles. The Morgan fingerprint density at radius 2 is 1.90 bits per heavy atom. The highest BCUT2D eigenvalue weighted by atomic mass is 16.6. The van der Waals surface area contributed by atoms with E-state index in [4.69, 9.17) is 0 Å². The first-order valence-corrected chi connectivity index (χ1v) is 6.93. The Kier molecular flexibility index (Phi) is 4.26. The van der Waals surface area contributed by atoms with Crippen LogP contribution in [0.15, 0.2) is 24.3 Å². The molecular formula is C15H20N4O2. The number of benzene rings is 1. The summed E-state index contributed by atoms with van der Waals surface area (Å²) in [6.45, 7) is 8.12. The minimum atomic E-state index is -0.376. The van der Waals surface area contributed by atoms with Crippen molar-refractivity contribution in [2.45, 2.75) is 40.3 Å². The van der Waals surface area contributed by atoms with Crippen LogP contribution in [0.25, 0.3) is 0 Å². The molecule has 0 bridgehead atoms. The van der Waals surface area contributed by atoms with Gasteiger partial charge in [0.25, 0.3) is 0 Å². The van der Waals surface area contributed by atoms with Crippen LogP contribution >= 0.6 is 0 Å². The van der Waals surface area contributed by atoms with Crippen LogP contribution < -0.4 is 5.32 Å². The zero-order chi connectivity index (χ0) is 15.6. The highest BCUT2D eigenvalue weighted by molar-refractivity contribution is 5.60. The average molecular weight is 288 g/mol. The second-order valence-electron chi connectivity index (χ2n) is 5.42. The van der Waals surface area contributed by atoms with Crippen LogP contribution in [0, 0.1) is 24.0 Å². The number of aryl methyl sites for hydroxylation is 2. The quantitative estimate of drug-likeness (QED) is 0.674. The van der Waals surface area contributed by atoms with E-state index in [1.807, 2.05) is 45.0 Å². The van der Waals surface area contributed by atoms with Gasteiger partial charge in [-0.2, -0.15) is 5.10 Å². The number of nitrogens with one attached hydrogen (secondary N) is 1.